The Labute approximate surface area is 24.7 Å². The van der Waals surface area contributed by atoms with Gasteiger partial charge in [0.2, 0.25) is 0 Å². The summed E-state index contributed by atoms with van der Waals surface area (Å²) in [6.45, 7) is 1.11. The van der Waals surface area contributed by atoms with E-state index in [1.54, 1.807) is 0 Å². The van der Waals surface area contributed by atoms with Crippen LogP contribution in [0.2, 0.25) is 0 Å². The lowest BCUT2D eigenvalue weighted by Crippen LogP contribution is -1.75. The fourth-order valence-corrected chi connectivity index (χ4v) is 0. The fourth-order valence-electron chi connectivity index (χ4n) is 0. The first kappa shape index (κ1) is 3.92. The molecule has 0 bridgehead atoms. The van der Waals surface area contributed by atoms with Crippen molar-refractivity contribution in [1.29, 1.82) is 0 Å². The molecule has 0 aliphatic carbocycles. The van der Waals surface area contributed by atoms with Gasteiger partial charge in [-0.3, -0.25) is 0 Å². The van der Waals surface area contributed by atoms with Crippen molar-refractivity contribution in [3.05, 3.63) is 6.61 Å². The molecule has 0 spiro atoms. The molecule has 0 heterocycles. The standard InChI is InChI=1S/C2H4O2/c3-1-2-4/h3-4H,1H2. The van der Waals surface area contributed by atoms with Gasteiger partial charge in [0.25, 0.3) is 0 Å². The minimum Gasteiger partial charge on any atom is -0.393 e. The lowest BCUT2D eigenvalue weighted by molar-refractivity contribution is 0.244. The molecule has 0 saturated carbocycles. The van der Waals surface area contributed by atoms with Crippen LogP contribution in [0.5, 0.6) is 0 Å². The van der Waals surface area contributed by atoms with E-state index in [-0.39, 0.29) is 6.61 Å². The second kappa shape index (κ2) is 2.92. The van der Waals surface area contributed by atoms with Crippen molar-refractivity contribution >= 4 is 0 Å². The molecule has 2 nitrogen and oxygen atoms in total. The fraction of sp³-hybridized carbons (Fsp3) is 0.500. The molecule has 0 unspecified atom stereocenters. The number of hydrogen-bond donors (Lipinski definition) is 2. The summed E-state index contributed by atoms with van der Waals surface area (Å²) >= 11 is 0. The number of hydrogen-bond acceptors (Lipinski definition) is 2. The quantitative estimate of drug-likeness (QED) is 0.424. The number of rotatable bonds is 1. The monoisotopic (exact) mass is 60.0 g/mol. The van der Waals surface area contributed by atoms with E-state index < -0.39 is 0 Å². The summed E-state index contributed by atoms with van der Waals surface area (Å²) in [6.07, 6.45) is 0. The maximum Gasteiger partial charge on any atom is 0.155 e. The van der Waals surface area contributed by atoms with Crippen molar-refractivity contribution < 1.29 is 10.2 Å². The van der Waals surface area contributed by atoms with E-state index in [1.165, 1.54) is 6.61 Å². The molecule has 0 aromatic carbocycles. The van der Waals surface area contributed by atoms with Crippen LogP contribution in [-0.2, 0) is 0 Å². The molecule has 0 saturated heterocycles. The van der Waals surface area contributed by atoms with Gasteiger partial charge in [0.05, 0.1) is 6.61 Å². The Morgan fingerprint density at radius 2 is 2.00 bits per heavy atom. The average Bonchev–Trinajstić information content (AvgIpc) is 1.37. The van der Waals surface area contributed by atoms with Crippen molar-refractivity contribution in [2.24, 2.45) is 0 Å². The predicted molar refractivity (Wildman–Crippen MR) is 12.3 cm³/mol. The van der Waals surface area contributed by atoms with E-state index in [4.69, 9.17) is 10.2 Å². The van der Waals surface area contributed by atoms with Crippen LogP contribution in [0.25, 0.3) is 0 Å². The van der Waals surface area contributed by atoms with Crippen LogP contribution in [0.15, 0.2) is 0 Å². The largest absolute Gasteiger partial charge is 0.393 e. The van der Waals surface area contributed by atoms with Crippen LogP contribution in [0.4, 0.5) is 0 Å². The van der Waals surface area contributed by atoms with E-state index in [9.17, 15) is 0 Å². The van der Waals surface area contributed by atoms with Crippen molar-refractivity contribution in [3.63, 3.8) is 0 Å². The van der Waals surface area contributed by atoms with Crippen LogP contribution in [0, 0.1) is 6.61 Å². The first-order valence-electron chi connectivity index (χ1n) is 0.893. The third kappa shape index (κ3) is 1.92. The van der Waals surface area contributed by atoms with Gasteiger partial charge in [-0.15, -0.1) is 0 Å². The maximum absolute atomic E-state index is 7.51. The van der Waals surface area contributed by atoms with Gasteiger partial charge in [-0.25, -0.2) is 0 Å². The average molecular weight is 60.1 g/mol. The van der Waals surface area contributed by atoms with Gasteiger partial charge in [-0.1, -0.05) is 0 Å². The van der Waals surface area contributed by atoms with E-state index >= 15 is 0 Å². The second-order valence-corrected chi connectivity index (χ2v) is 0.316. The van der Waals surface area contributed by atoms with E-state index in [0.717, 1.165) is 0 Å². The van der Waals surface area contributed by atoms with Gasteiger partial charge in [-0.2, -0.15) is 0 Å². The predicted octanol–water partition coefficient (Wildman–Crippen LogP) is -0.610. The van der Waals surface area contributed by atoms with Gasteiger partial charge in [0, 0.05) is 0 Å². The Balaban J connectivity index is 1.97. The Kier molecular flexibility index (Phi) is 2.86. The van der Waals surface area contributed by atoms with Crippen molar-refractivity contribution in [2.45, 2.75) is 0 Å². The summed E-state index contributed by atoms with van der Waals surface area (Å²) in [4.78, 5) is 0. The lowest BCUT2D eigenvalue weighted by Gasteiger charge is -1.67. The van der Waals surface area contributed by atoms with E-state index in [1.807, 2.05) is 0 Å². The maximum atomic E-state index is 7.51. The van der Waals surface area contributed by atoms with Gasteiger partial charge < -0.3 is 10.2 Å². The molecule has 0 rings (SSSR count). The third-order valence-electron chi connectivity index (χ3n) is 0.0707. The smallest absolute Gasteiger partial charge is 0.155 e. The molecule has 0 aliphatic heterocycles. The molecule has 0 fully saturated rings. The molecular weight excluding hydrogens is 56.0 g/mol. The molecule has 2 N–H and O–H groups in total. The highest BCUT2D eigenvalue weighted by Crippen LogP contribution is 1.51. The molecule has 2 heteroatoms. The summed E-state index contributed by atoms with van der Waals surface area (Å²) in [5.41, 5.74) is 0. The van der Waals surface area contributed by atoms with Crippen molar-refractivity contribution in [1.82, 2.24) is 0 Å². The Hall–Kier alpha value is -0.0800. The first-order chi connectivity index (χ1) is 1.91. The highest BCUT2D eigenvalue weighted by Gasteiger charge is 1.62. The SMILES string of the molecule is O[C]CO. The molecule has 24 valence electrons. The Morgan fingerprint density at radius 3 is 2.00 bits per heavy atom. The van der Waals surface area contributed by atoms with E-state index in [0.29, 0.717) is 0 Å². The molecular formula is C2H4O2. The van der Waals surface area contributed by atoms with Crippen LogP contribution in [0.3, 0.4) is 0 Å². The summed E-state index contributed by atoms with van der Waals surface area (Å²) < 4.78 is 0. The lowest BCUT2D eigenvalue weighted by atomic mass is 10.8. The van der Waals surface area contributed by atoms with Crippen molar-refractivity contribution in [2.75, 3.05) is 6.61 Å². The van der Waals surface area contributed by atoms with Gasteiger partial charge in [-0.05, 0) is 0 Å². The number of aliphatic hydroxyl groups excluding tert-OH is 2. The molecule has 0 atom stereocenters. The Bertz CT molecular complexity index is 6.00. The third-order valence-corrected chi connectivity index (χ3v) is 0.0707. The molecule has 0 aromatic rings. The topological polar surface area (TPSA) is 40.5 Å². The highest BCUT2D eigenvalue weighted by molar-refractivity contribution is 4.31. The van der Waals surface area contributed by atoms with E-state index in [2.05, 4.69) is 0 Å². The van der Waals surface area contributed by atoms with Gasteiger partial charge in [0.1, 0.15) is 0 Å². The minimum atomic E-state index is -0.375. The zero-order chi connectivity index (χ0) is 3.41. The normalized spacial score (nSPS) is 7.50. The van der Waals surface area contributed by atoms with Crippen molar-refractivity contribution in [3.8, 4) is 0 Å². The minimum absolute atomic E-state index is 0.375. The van der Waals surface area contributed by atoms with Gasteiger partial charge in [0.15, 0.2) is 6.61 Å². The van der Waals surface area contributed by atoms with Crippen LogP contribution in [0.1, 0.15) is 0 Å². The summed E-state index contributed by atoms with van der Waals surface area (Å²) in [6, 6.07) is 0. The molecule has 0 aliphatic rings. The number of aliphatic hydroxyl groups is 2. The second-order valence-electron chi connectivity index (χ2n) is 0.316. The van der Waals surface area contributed by atoms with Crippen LogP contribution in [-0.4, -0.2) is 16.8 Å². The molecule has 4 heavy (non-hydrogen) atoms. The Morgan fingerprint density at radius 1 is 1.75 bits per heavy atom. The van der Waals surface area contributed by atoms with Crippen LogP contribution >= 0.6 is 0 Å². The molecule has 0 aromatic heterocycles. The highest BCUT2D eigenvalue weighted by atomic mass is 16.3. The molecule has 2 radical (unpaired) electrons. The summed E-state index contributed by atoms with van der Waals surface area (Å²) in [5.74, 6) is 0. The van der Waals surface area contributed by atoms with Crippen LogP contribution < -0.4 is 0 Å². The summed E-state index contributed by atoms with van der Waals surface area (Å²) in [7, 11) is 0. The zero-order valence-electron chi connectivity index (χ0n) is 2.10. The van der Waals surface area contributed by atoms with Gasteiger partial charge >= 0.3 is 0 Å². The zero-order valence-corrected chi connectivity index (χ0v) is 2.10. The first-order valence-corrected chi connectivity index (χ1v) is 0.893. The summed E-state index contributed by atoms with van der Waals surface area (Å²) in [5, 5.41) is 14.9. The molecule has 0 amide bonds.